The summed E-state index contributed by atoms with van der Waals surface area (Å²) < 4.78 is 3.75. The number of hydrogen-bond acceptors (Lipinski definition) is 3. The molecule has 0 spiro atoms. The van der Waals surface area contributed by atoms with Gasteiger partial charge in [0.2, 0.25) is 0 Å². The summed E-state index contributed by atoms with van der Waals surface area (Å²) in [6.07, 6.45) is 2.46. The molecule has 2 rings (SSSR count). The number of aryl methyl sites for hydroxylation is 3. The molecule has 2 heterocycles. The first-order chi connectivity index (χ1) is 10.5. The molecule has 0 saturated heterocycles. The van der Waals surface area contributed by atoms with Crippen LogP contribution in [0.15, 0.2) is 18.3 Å². The van der Waals surface area contributed by atoms with Crippen LogP contribution in [0.2, 0.25) is 0 Å². The Morgan fingerprint density at radius 1 is 1.27 bits per heavy atom. The Kier molecular flexibility index (Phi) is 5.03. The van der Waals surface area contributed by atoms with Gasteiger partial charge in [0.25, 0.3) is 5.91 Å². The first-order valence-electron chi connectivity index (χ1n) is 7.58. The summed E-state index contributed by atoms with van der Waals surface area (Å²) in [5.74, 6) is 0.676. The van der Waals surface area contributed by atoms with Crippen LogP contribution >= 0.6 is 0 Å². The largest absolute Gasteiger partial charge is 0.395 e. The monoisotopic (exact) mass is 304 g/mol. The van der Waals surface area contributed by atoms with Crippen molar-refractivity contribution in [3.05, 3.63) is 35.3 Å². The second-order valence-electron chi connectivity index (χ2n) is 5.47. The van der Waals surface area contributed by atoms with E-state index in [9.17, 15) is 9.90 Å². The Balaban J connectivity index is 2.47. The van der Waals surface area contributed by atoms with Crippen LogP contribution in [0.5, 0.6) is 0 Å². The quantitative estimate of drug-likeness (QED) is 0.883. The lowest BCUT2D eigenvalue weighted by molar-refractivity contribution is 0.0722. The fraction of sp³-hybridized carbons (Fsp3) is 0.500. The molecular weight excluding hydrogens is 280 g/mol. The first-order valence-corrected chi connectivity index (χ1v) is 7.58. The van der Waals surface area contributed by atoms with E-state index in [0.29, 0.717) is 18.7 Å². The highest BCUT2D eigenvalue weighted by Gasteiger charge is 2.23. The van der Waals surface area contributed by atoms with Crippen LogP contribution in [0.3, 0.4) is 0 Å². The van der Waals surface area contributed by atoms with Gasteiger partial charge in [-0.1, -0.05) is 6.92 Å². The third-order valence-electron chi connectivity index (χ3n) is 3.77. The van der Waals surface area contributed by atoms with Gasteiger partial charge in [-0.25, -0.2) is 0 Å². The van der Waals surface area contributed by atoms with Gasteiger partial charge in [-0.05, 0) is 32.4 Å². The average molecular weight is 304 g/mol. The number of aliphatic hydroxyl groups is 1. The zero-order chi connectivity index (χ0) is 16.3. The molecule has 0 aliphatic carbocycles. The predicted molar refractivity (Wildman–Crippen MR) is 85.3 cm³/mol. The molecule has 6 heteroatoms. The third-order valence-corrected chi connectivity index (χ3v) is 3.77. The van der Waals surface area contributed by atoms with E-state index in [1.54, 1.807) is 15.8 Å². The second kappa shape index (κ2) is 6.79. The number of aromatic nitrogens is 3. The van der Waals surface area contributed by atoms with Gasteiger partial charge in [-0.3, -0.25) is 9.48 Å². The molecule has 1 N–H and O–H groups in total. The lowest BCUT2D eigenvalue weighted by Crippen LogP contribution is -2.34. The maximum atomic E-state index is 12.8. The first kappa shape index (κ1) is 16.3. The standard InChI is InChI=1S/C16H24N4O2/c1-5-8-19(9-10-21)16(22)14-11-17-18(4)15(14)20-12(2)6-7-13(20)3/h6-7,11,21H,5,8-10H2,1-4H3. The van der Waals surface area contributed by atoms with Crippen LogP contribution in [0.4, 0.5) is 0 Å². The summed E-state index contributed by atoms with van der Waals surface area (Å²) in [7, 11) is 1.83. The highest BCUT2D eigenvalue weighted by molar-refractivity contribution is 5.97. The van der Waals surface area contributed by atoms with Crippen molar-refractivity contribution in [3.8, 4) is 5.82 Å². The zero-order valence-electron chi connectivity index (χ0n) is 13.7. The van der Waals surface area contributed by atoms with Crippen LogP contribution < -0.4 is 0 Å². The van der Waals surface area contributed by atoms with Gasteiger partial charge in [0.15, 0.2) is 0 Å². The molecule has 0 aliphatic rings. The highest BCUT2D eigenvalue weighted by Crippen LogP contribution is 2.21. The van der Waals surface area contributed by atoms with Crippen LogP contribution in [0.1, 0.15) is 35.1 Å². The highest BCUT2D eigenvalue weighted by atomic mass is 16.3. The minimum absolute atomic E-state index is 0.0388. The molecule has 2 aromatic heterocycles. The number of carbonyl (C=O) groups excluding carboxylic acids is 1. The van der Waals surface area contributed by atoms with Crippen LogP contribution in [-0.4, -0.2) is 50.0 Å². The summed E-state index contributed by atoms with van der Waals surface area (Å²) in [4.78, 5) is 14.5. The molecule has 2 aromatic rings. The fourth-order valence-corrected chi connectivity index (χ4v) is 2.73. The van der Waals surface area contributed by atoms with Crippen molar-refractivity contribution in [2.24, 2.45) is 7.05 Å². The van der Waals surface area contributed by atoms with Crippen molar-refractivity contribution in [3.63, 3.8) is 0 Å². The molecule has 6 nitrogen and oxygen atoms in total. The number of rotatable bonds is 6. The normalized spacial score (nSPS) is 11.0. The molecule has 22 heavy (non-hydrogen) atoms. The van der Waals surface area contributed by atoms with Crippen molar-refractivity contribution in [2.75, 3.05) is 19.7 Å². The van der Waals surface area contributed by atoms with Crippen LogP contribution in [-0.2, 0) is 7.05 Å². The Morgan fingerprint density at radius 3 is 2.45 bits per heavy atom. The van der Waals surface area contributed by atoms with Gasteiger partial charge in [-0.2, -0.15) is 5.10 Å². The van der Waals surface area contributed by atoms with Gasteiger partial charge in [0.1, 0.15) is 11.4 Å². The molecule has 0 bridgehead atoms. The van der Waals surface area contributed by atoms with Crippen molar-refractivity contribution in [1.82, 2.24) is 19.2 Å². The lowest BCUT2D eigenvalue weighted by Gasteiger charge is -2.21. The van der Waals surface area contributed by atoms with Crippen molar-refractivity contribution >= 4 is 5.91 Å². The topological polar surface area (TPSA) is 63.3 Å². The summed E-state index contributed by atoms with van der Waals surface area (Å²) in [6.45, 7) is 6.95. The zero-order valence-corrected chi connectivity index (χ0v) is 13.7. The number of hydrogen-bond donors (Lipinski definition) is 1. The minimum Gasteiger partial charge on any atom is -0.395 e. The number of carbonyl (C=O) groups is 1. The molecule has 0 saturated carbocycles. The van der Waals surface area contributed by atoms with E-state index >= 15 is 0 Å². The fourth-order valence-electron chi connectivity index (χ4n) is 2.73. The Labute approximate surface area is 131 Å². The van der Waals surface area contributed by atoms with Gasteiger partial charge in [0.05, 0.1) is 12.8 Å². The van der Waals surface area contributed by atoms with Crippen molar-refractivity contribution in [2.45, 2.75) is 27.2 Å². The number of aliphatic hydroxyl groups excluding tert-OH is 1. The average Bonchev–Trinajstić information content (AvgIpc) is 3.01. The number of nitrogens with zero attached hydrogens (tertiary/aromatic N) is 4. The molecule has 0 aromatic carbocycles. The van der Waals surface area contributed by atoms with E-state index < -0.39 is 0 Å². The predicted octanol–water partition coefficient (Wildman–Crippen LogP) is 1.67. The molecule has 0 atom stereocenters. The second-order valence-corrected chi connectivity index (χ2v) is 5.47. The lowest BCUT2D eigenvalue weighted by atomic mass is 10.2. The summed E-state index contributed by atoms with van der Waals surface area (Å²) in [5, 5.41) is 13.5. The van der Waals surface area contributed by atoms with Gasteiger partial charge >= 0.3 is 0 Å². The van der Waals surface area contributed by atoms with Gasteiger partial charge < -0.3 is 14.6 Å². The van der Waals surface area contributed by atoms with Gasteiger partial charge in [-0.15, -0.1) is 0 Å². The van der Waals surface area contributed by atoms with Crippen LogP contribution in [0, 0.1) is 13.8 Å². The molecular formula is C16H24N4O2. The Bertz CT molecular complexity index is 632. The SMILES string of the molecule is CCCN(CCO)C(=O)c1cnn(C)c1-n1c(C)ccc1C. The van der Waals surface area contributed by atoms with E-state index in [2.05, 4.69) is 5.10 Å². The molecule has 0 radical (unpaired) electrons. The maximum absolute atomic E-state index is 12.8. The van der Waals surface area contributed by atoms with Crippen molar-refractivity contribution < 1.29 is 9.90 Å². The maximum Gasteiger partial charge on any atom is 0.259 e. The molecule has 0 fully saturated rings. The third kappa shape index (κ3) is 2.92. The van der Waals surface area contributed by atoms with E-state index in [4.69, 9.17) is 0 Å². The molecule has 0 unspecified atom stereocenters. The Morgan fingerprint density at radius 2 is 1.91 bits per heavy atom. The van der Waals surface area contributed by atoms with E-state index in [-0.39, 0.29) is 12.5 Å². The summed E-state index contributed by atoms with van der Waals surface area (Å²) in [6, 6.07) is 4.04. The Hall–Kier alpha value is -2.08. The minimum atomic E-state index is -0.0912. The summed E-state index contributed by atoms with van der Waals surface area (Å²) >= 11 is 0. The molecule has 120 valence electrons. The van der Waals surface area contributed by atoms with E-state index in [1.165, 1.54) is 0 Å². The summed E-state index contributed by atoms with van der Waals surface area (Å²) in [5.41, 5.74) is 2.67. The van der Waals surface area contributed by atoms with Gasteiger partial charge in [0, 0.05) is 31.5 Å². The number of amides is 1. The van der Waals surface area contributed by atoms with E-state index in [0.717, 1.165) is 23.6 Å². The molecule has 0 aliphatic heterocycles. The van der Waals surface area contributed by atoms with Crippen LogP contribution in [0.25, 0.3) is 5.82 Å². The van der Waals surface area contributed by atoms with E-state index in [1.807, 2.05) is 44.5 Å². The smallest absolute Gasteiger partial charge is 0.259 e. The molecule has 1 amide bonds. The van der Waals surface area contributed by atoms with Crippen molar-refractivity contribution in [1.29, 1.82) is 0 Å².